The molecular weight excluding hydrogens is 443 g/mol. The molecule has 0 bridgehead atoms. The predicted molar refractivity (Wildman–Crippen MR) is 122 cm³/mol. The summed E-state index contributed by atoms with van der Waals surface area (Å²) in [5.41, 5.74) is -2.66. The molecular formula is C26H34F3N3O2. The zero-order valence-electron chi connectivity index (χ0n) is 19.8. The van der Waals surface area contributed by atoms with E-state index in [1.165, 1.54) is 30.7 Å². The number of benzene rings is 1. The molecule has 186 valence electrons. The molecule has 3 aliphatic rings. The highest BCUT2D eigenvalue weighted by Crippen LogP contribution is 2.47. The van der Waals surface area contributed by atoms with Crippen molar-refractivity contribution >= 4 is 5.91 Å². The van der Waals surface area contributed by atoms with Gasteiger partial charge in [0.1, 0.15) is 0 Å². The first-order valence-electron chi connectivity index (χ1n) is 12.4. The number of amides is 1. The summed E-state index contributed by atoms with van der Waals surface area (Å²) >= 11 is 0. The number of piperidine rings is 1. The SMILES string of the molecule is C[C@](O)(c1ccc(C(=O)N(C2CC2)C2CCN(CCC3(CC#N)CCC3)CC2)cc1)C(F)(F)F. The summed E-state index contributed by atoms with van der Waals surface area (Å²) in [5.74, 6) is -0.137. The van der Waals surface area contributed by atoms with Gasteiger partial charge in [-0.25, -0.2) is 0 Å². The smallest absolute Gasteiger partial charge is 0.376 e. The topological polar surface area (TPSA) is 67.6 Å². The minimum Gasteiger partial charge on any atom is -0.376 e. The second-order valence-corrected chi connectivity index (χ2v) is 10.6. The van der Waals surface area contributed by atoms with Crippen molar-refractivity contribution in [1.82, 2.24) is 9.80 Å². The van der Waals surface area contributed by atoms with Gasteiger partial charge in [0.25, 0.3) is 5.91 Å². The highest BCUT2D eigenvalue weighted by molar-refractivity contribution is 5.95. The summed E-state index contributed by atoms with van der Waals surface area (Å²) in [6, 6.07) is 7.89. The van der Waals surface area contributed by atoms with Crippen molar-refractivity contribution in [2.75, 3.05) is 19.6 Å². The number of nitriles is 1. The number of nitrogens with zero attached hydrogens (tertiary/aromatic N) is 3. The molecule has 0 radical (unpaired) electrons. The molecule has 1 aromatic rings. The summed E-state index contributed by atoms with van der Waals surface area (Å²) in [4.78, 5) is 17.7. The molecule has 1 saturated heterocycles. The molecule has 34 heavy (non-hydrogen) atoms. The van der Waals surface area contributed by atoms with Crippen molar-refractivity contribution < 1.29 is 23.1 Å². The molecule has 1 aromatic carbocycles. The number of rotatable bonds is 8. The zero-order chi connectivity index (χ0) is 24.6. The fraction of sp³-hybridized carbons (Fsp3) is 0.692. The van der Waals surface area contributed by atoms with Crippen LogP contribution >= 0.6 is 0 Å². The van der Waals surface area contributed by atoms with E-state index in [-0.39, 0.29) is 29.0 Å². The number of carbonyl (C=O) groups excluding carboxylic acids is 1. The van der Waals surface area contributed by atoms with Crippen LogP contribution < -0.4 is 0 Å². The van der Waals surface area contributed by atoms with Gasteiger partial charge in [0, 0.05) is 37.2 Å². The molecule has 5 nitrogen and oxygen atoms in total. The van der Waals surface area contributed by atoms with Gasteiger partial charge in [0.05, 0.1) is 6.07 Å². The fourth-order valence-electron chi connectivity index (χ4n) is 5.41. The predicted octanol–water partition coefficient (Wildman–Crippen LogP) is 5.00. The highest BCUT2D eigenvalue weighted by Gasteiger charge is 2.51. The summed E-state index contributed by atoms with van der Waals surface area (Å²) in [5, 5.41) is 19.0. The van der Waals surface area contributed by atoms with Gasteiger partial charge in [-0.15, -0.1) is 0 Å². The lowest BCUT2D eigenvalue weighted by atomic mass is 9.65. The van der Waals surface area contributed by atoms with E-state index in [1.54, 1.807) is 0 Å². The Bertz CT molecular complexity index is 907. The quantitative estimate of drug-likeness (QED) is 0.572. The summed E-state index contributed by atoms with van der Waals surface area (Å²) in [6.45, 7) is 3.54. The Hall–Kier alpha value is -2.11. The summed E-state index contributed by atoms with van der Waals surface area (Å²) in [6.07, 6.45) is 4.12. The number of carbonyl (C=O) groups is 1. The van der Waals surface area contributed by atoms with E-state index in [0.29, 0.717) is 12.0 Å². The average Bonchev–Trinajstić information content (AvgIpc) is 3.61. The van der Waals surface area contributed by atoms with E-state index in [4.69, 9.17) is 5.26 Å². The van der Waals surface area contributed by atoms with Crippen molar-refractivity contribution in [2.45, 2.75) is 88.6 Å². The first-order valence-corrected chi connectivity index (χ1v) is 12.4. The maximum Gasteiger partial charge on any atom is 0.421 e. The number of halogens is 3. The number of hydrogen-bond acceptors (Lipinski definition) is 4. The van der Waals surface area contributed by atoms with Crippen LogP contribution in [0, 0.1) is 16.7 Å². The Morgan fingerprint density at radius 2 is 1.74 bits per heavy atom. The minimum atomic E-state index is -4.79. The van der Waals surface area contributed by atoms with Crippen LogP contribution in [0.3, 0.4) is 0 Å². The van der Waals surface area contributed by atoms with Crippen LogP contribution in [0.15, 0.2) is 24.3 Å². The van der Waals surface area contributed by atoms with Crippen LogP contribution in [0.5, 0.6) is 0 Å². The number of hydrogen-bond donors (Lipinski definition) is 1. The van der Waals surface area contributed by atoms with Crippen molar-refractivity contribution in [3.05, 3.63) is 35.4 Å². The number of likely N-dealkylation sites (tertiary alicyclic amines) is 1. The lowest BCUT2D eigenvalue weighted by Crippen LogP contribution is -2.49. The molecule has 2 saturated carbocycles. The van der Waals surface area contributed by atoms with E-state index in [1.807, 2.05) is 4.90 Å². The van der Waals surface area contributed by atoms with Gasteiger partial charge in [-0.1, -0.05) is 18.6 Å². The monoisotopic (exact) mass is 477 g/mol. The van der Waals surface area contributed by atoms with Crippen LogP contribution in [-0.2, 0) is 5.60 Å². The van der Waals surface area contributed by atoms with Gasteiger partial charge in [-0.3, -0.25) is 4.79 Å². The maximum absolute atomic E-state index is 13.3. The molecule has 0 unspecified atom stereocenters. The Kier molecular flexibility index (Phi) is 6.99. The Labute approximate surface area is 199 Å². The Balaban J connectivity index is 1.36. The fourth-order valence-corrected chi connectivity index (χ4v) is 5.41. The van der Waals surface area contributed by atoms with Crippen molar-refractivity contribution in [1.29, 1.82) is 5.26 Å². The van der Waals surface area contributed by atoms with Crippen LogP contribution in [0.2, 0.25) is 0 Å². The van der Waals surface area contributed by atoms with Gasteiger partial charge in [0.2, 0.25) is 0 Å². The lowest BCUT2D eigenvalue weighted by molar-refractivity contribution is -0.258. The van der Waals surface area contributed by atoms with Gasteiger partial charge >= 0.3 is 6.18 Å². The third-order valence-corrected chi connectivity index (χ3v) is 8.20. The largest absolute Gasteiger partial charge is 0.421 e. The molecule has 2 aliphatic carbocycles. The van der Waals surface area contributed by atoms with E-state index in [2.05, 4.69) is 11.0 Å². The number of alkyl halides is 3. The lowest BCUT2D eigenvalue weighted by Gasteiger charge is -2.43. The summed E-state index contributed by atoms with van der Waals surface area (Å²) < 4.78 is 39.4. The Morgan fingerprint density at radius 3 is 2.21 bits per heavy atom. The van der Waals surface area contributed by atoms with Crippen molar-refractivity contribution in [3.8, 4) is 6.07 Å². The standard InChI is InChI=1S/C26H34F3N3O2/c1-24(34,26(27,28)29)20-5-3-19(4-6-20)23(33)32(21-7-8-21)22-9-16-31(17-10-22)18-14-25(13-15-30)11-2-12-25/h3-6,21-22,34H,2,7-14,16-18H2,1H3/t24-/m0/s1. The summed E-state index contributed by atoms with van der Waals surface area (Å²) in [7, 11) is 0. The molecule has 8 heteroatoms. The minimum absolute atomic E-state index is 0.131. The molecule has 1 N–H and O–H groups in total. The van der Waals surface area contributed by atoms with Crippen molar-refractivity contribution in [2.24, 2.45) is 5.41 Å². The Morgan fingerprint density at radius 1 is 1.15 bits per heavy atom. The first-order chi connectivity index (χ1) is 16.1. The van der Waals surface area contributed by atoms with Crippen LogP contribution in [0.4, 0.5) is 13.2 Å². The third kappa shape index (κ3) is 5.11. The van der Waals surface area contributed by atoms with Gasteiger partial charge < -0.3 is 14.9 Å². The molecule has 1 atom stereocenters. The molecule has 1 heterocycles. The number of aliphatic hydroxyl groups is 1. The van der Waals surface area contributed by atoms with Crippen LogP contribution in [0.25, 0.3) is 0 Å². The zero-order valence-corrected chi connectivity index (χ0v) is 19.8. The molecule has 1 amide bonds. The van der Waals surface area contributed by atoms with Gasteiger partial charge in [0.15, 0.2) is 5.60 Å². The first kappa shape index (κ1) is 25.0. The molecule has 3 fully saturated rings. The molecule has 1 aliphatic heterocycles. The van der Waals surface area contributed by atoms with Crippen LogP contribution in [-0.4, -0.2) is 58.7 Å². The van der Waals surface area contributed by atoms with E-state index >= 15 is 0 Å². The van der Waals surface area contributed by atoms with E-state index < -0.39 is 11.8 Å². The van der Waals surface area contributed by atoms with E-state index in [0.717, 1.165) is 71.5 Å². The normalized spacial score (nSPS) is 22.9. The van der Waals surface area contributed by atoms with E-state index in [9.17, 15) is 23.1 Å². The van der Waals surface area contributed by atoms with Gasteiger partial charge in [-0.2, -0.15) is 18.4 Å². The second kappa shape index (κ2) is 9.50. The average molecular weight is 478 g/mol. The van der Waals surface area contributed by atoms with Crippen molar-refractivity contribution in [3.63, 3.8) is 0 Å². The molecule has 4 rings (SSSR count). The molecule has 0 aromatic heterocycles. The van der Waals surface area contributed by atoms with Gasteiger partial charge in [-0.05, 0) is 81.5 Å². The second-order valence-electron chi connectivity index (χ2n) is 10.6. The highest BCUT2D eigenvalue weighted by atomic mass is 19.4. The van der Waals surface area contributed by atoms with Crippen LogP contribution in [0.1, 0.15) is 80.6 Å². The molecule has 0 spiro atoms. The maximum atomic E-state index is 13.3. The third-order valence-electron chi connectivity index (χ3n) is 8.20.